The SMILES string of the molecule is CCOc1ccc(N=Cc2sc(=S)n(-c3ccc(Cl)cc3)c2O)cc1. The number of rotatable bonds is 5. The first-order valence-electron chi connectivity index (χ1n) is 7.56. The third kappa shape index (κ3) is 4.10. The Labute approximate surface area is 159 Å². The Bertz CT molecular complexity index is 945. The van der Waals surface area contributed by atoms with Gasteiger partial charge in [-0.15, -0.1) is 0 Å². The van der Waals surface area contributed by atoms with Gasteiger partial charge in [-0.3, -0.25) is 9.56 Å². The molecule has 0 fully saturated rings. The highest BCUT2D eigenvalue weighted by Gasteiger charge is 2.11. The molecule has 0 bridgehead atoms. The van der Waals surface area contributed by atoms with Crippen molar-refractivity contribution in [2.75, 3.05) is 6.61 Å². The van der Waals surface area contributed by atoms with Gasteiger partial charge >= 0.3 is 0 Å². The minimum Gasteiger partial charge on any atom is -0.494 e. The largest absolute Gasteiger partial charge is 0.494 e. The smallest absolute Gasteiger partial charge is 0.216 e. The molecule has 0 saturated carbocycles. The number of thiazole rings is 1. The maximum Gasteiger partial charge on any atom is 0.216 e. The molecule has 3 aromatic rings. The van der Waals surface area contributed by atoms with Crippen LogP contribution in [0.4, 0.5) is 5.69 Å². The van der Waals surface area contributed by atoms with Crippen LogP contribution < -0.4 is 4.74 Å². The van der Waals surface area contributed by atoms with Crippen molar-refractivity contribution in [3.63, 3.8) is 0 Å². The Balaban J connectivity index is 1.87. The van der Waals surface area contributed by atoms with Crippen LogP contribution in [-0.4, -0.2) is 22.5 Å². The van der Waals surface area contributed by atoms with E-state index in [0.29, 0.717) is 20.5 Å². The molecule has 7 heteroatoms. The van der Waals surface area contributed by atoms with Crippen LogP contribution in [0.1, 0.15) is 11.8 Å². The predicted molar refractivity (Wildman–Crippen MR) is 106 cm³/mol. The van der Waals surface area contributed by atoms with E-state index in [1.807, 2.05) is 31.2 Å². The van der Waals surface area contributed by atoms with Gasteiger partial charge in [-0.25, -0.2) is 0 Å². The number of aromatic nitrogens is 1. The van der Waals surface area contributed by atoms with Gasteiger partial charge in [-0.2, -0.15) is 0 Å². The van der Waals surface area contributed by atoms with Gasteiger partial charge < -0.3 is 9.84 Å². The monoisotopic (exact) mass is 390 g/mol. The first-order chi connectivity index (χ1) is 12.1. The van der Waals surface area contributed by atoms with E-state index < -0.39 is 0 Å². The Morgan fingerprint density at radius 3 is 2.52 bits per heavy atom. The summed E-state index contributed by atoms with van der Waals surface area (Å²) in [6, 6.07) is 14.5. The molecule has 0 aliphatic rings. The van der Waals surface area contributed by atoms with Crippen molar-refractivity contribution < 1.29 is 9.84 Å². The molecule has 0 saturated heterocycles. The van der Waals surface area contributed by atoms with Gasteiger partial charge in [0.2, 0.25) is 5.88 Å². The second-order valence-corrected chi connectivity index (χ2v) is 7.16. The van der Waals surface area contributed by atoms with E-state index in [1.165, 1.54) is 11.3 Å². The van der Waals surface area contributed by atoms with Crippen LogP contribution in [0.5, 0.6) is 11.6 Å². The van der Waals surface area contributed by atoms with Gasteiger partial charge in [0.15, 0.2) is 3.95 Å². The molecule has 0 spiro atoms. The van der Waals surface area contributed by atoms with Crippen LogP contribution in [0.25, 0.3) is 5.69 Å². The highest BCUT2D eigenvalue weighted by Crippen LogP contribution is 2.29. The van der Waals surface area contributed by atoms with Crippen LogP contribution in [0.2, 0.25) is 5.02 Å². The number of nitrogens with zero attached hydrogens (tertiary/aromatic N) is 2. The number of hydrogen-bond donors (Lipinski definition) is 1. The summed E-state index contributed by atoms with van der Waals surface area (Å²) in [4.78, 5) is 4.98. The molecule has 0 unspecified atom stereocenters. The fourth-order valence-corrected chi connectivity index (χ4v) is 3.56. The normalized spacial score (nSPS) is 11.1. The summed E-state index contributed by atoms with van der Waals surface area (Å²) in [6.07, 6.45) is 1.61. The van der Waals surface area contributed by atoms with Crippen LogP contribution >= 0.6 is 35.2 Å². The molecule has 0 radical (unpaired) electrons. The Morgan fingerprint density at radius 1 is 1.20 bits per heavy atom. The van der Waals surface area contributed by atoms with E-state index in [9.17, 15) is 5.11 Å². The summed E-state index contributed by atoms with van der Waals surface area (Å²) in [5, 5.41) is 11.1. The lowest BCUT2D eigenvalue weighted by Gasteiger charge is -2.04. The summed E-state index contributed by atoms with van der Waals surface area (Å²) in [6.45, 7) is 2.56. The first kappa shape index (κ1) is 17.7. The number of ether oxygens (including phenoxy) is 1. The Morgan fingerprint density at radius 2 is 1.88 bits per heavy atom. The molecule has 0 aliphatic heterocycles. The molecule has 0 atom stereocenters. The third-order valence-corrected chi connectivity index (χ3v) is 4.93. The van der Waals surface area contributed by atoms with Gasteiger partial charge in [0.05, 0.1) is 24.2 Å². The second-order valence-electron chi connectivity index (χ2n) is 5.05. The molecule has 0 aliphatic carbocycles. The molecule has 25 heavy (non-hydrogen) atoms. The molecule has 1 heterocycles. The summed E-state index contributed by atoms with van der Waals surface area (Å²) < 4.78 is 7.53. The van der Waals surface area contributed by atoms with E-state index in [0.717, 1.165) is 17.1 Å². The number of benzene rings is 2. The minimum absolute atomic E-state index is 0.0620. The van der Waals surface area contributed by atoms with Gasteiger partial charge in [0, 0.05) is 5.02 Å². The zero-order valence-corrected chi connectivity index (χ0v) is 15.7. The highest BCUT2D eigenvalue weighted by atomic mass is 35.5. The molecule has 2 aromatic carbocycles. The Kier molecular flexibility index (Phi) is 5.53. The minimum atomic E-state index is 0.0620. The van der Waals surface area contributed by atoms with E-state index >= 15 is 0 Å². The topological polar surface area (TPSA) is 46.8 Å². The fraction of sp³-hybridized carbons (Fsp3) is 0.111. The van der Waals surface area contributed by atoms with Crippen molar-refractivity contribution in [3.05, 3.63) is 62.4 Å². The molecular weight excluding hydrogens is 376 g/mol. The average molecular weight is 391 g/mol. The van der Waals surface area contributed by atoms with Crippen LogP contribution in [-0.2, 0) is 0 Å². The predicted octanol–water partition coefficient (Wildman–Crippen LogP) is 5.78. The highest BCUT2D eigenvalue weighted by molar-refractivity contribution is 7.73. The summed E-state index contributed by atoms with van der Waals surface area (Å²) in [7, 11) is 0. The number of aliphatic imine (C=N–C) groups is 1. The van der Waals surface area contributed by atoms with Crippen molar-refractivity contribution >= 4 is 47.1 Å². The lowest BCUT2D eigenvalue weighted by atomic mass is 10.3. The van der Waals surface area contributed by atoms with Gasteiger partial charge in [-0.05, 0) is 67.7 Å². The van der Waals surface area contributed by atoms with Gasteiger partial charge in [0.1, 0.15) is 10.6 Å². The maximum absolute atomic E-state index is 10.5. The molecule has 3 rings (SSSR count). The summed E-state index contributed by atoms with van der Waals surface area (Å²) >= 11 is 12.6. The summed E-state index contributed by atoms with van der Waals surface area (Å²) in [5.74, 6) is 0.862. The molecular formula is C18H15ClN2O2S2. The van der Waals surface area contributed by atoms with Crippen LogP contribution in [0.15, 0.2) is 53.5 Å². The number of halogens is 1. The van der Waals surface area contributed by atoms with Crippen LogP contribution in [0.3, 0.4) is 0 Å². The molecule has 128 valence electrons. The first-order valence-corrected chi connectivity index (χ1v) is 9.16. The van der Waals surface area contributed by atoms with Crippen molar-refractivity contribution in [1.82, 2.24) is 4.57 Å². The quantitative estimate of drug-likeness (QED) is 0.444. The van der Waals surface area contributed by atoms with Crippen molar-refractivity contribution in [3.8, 4) is 17.3 Å². The summed E-state index contributed by atoms with van der Waals surface area (Å²) in [5.41, 5.74) is 1.52. The van der Waals surface area contributed by atoms with Crippen molar-refractivity contribution in [2.24, 2.45) is 4.99 Å². The van der Waals surface area contributed by atoms with E-state index in [2.05, 4.69) is 4.99 Å². The zero-order chi connectivity index (χ0) is 17.8. The van der Waals surface area contributed by atoms with Gasteiger partial charge in [-0.1, -0.05) is 22.9 Å². The maximum atomic E-state index is 10.5. The Hall–Kier alpha value is -2.15. The second kappa shape index (κ2) is 7.82. The molecule has 1 aromatic heterocycles. The third-order valence-electron chi connectivity index (χ3n) is 3.38. The van der Waals surface area contributed by atoms with E-state index in [4.69, 9.17) is 28.6 Å². The fourth-order valence-electron chi connectivity index (χ4n) is 2.21. The lowest BCUT2D eigenvalue weighted by Crippen LogP contribution is -1.93. The zero-order valence-electron chi connectivity index (χ0n) is 13.3. The van der Waals surface area contributed by atoms with Crippen molar-refractivity contribution in [1.29, 1.82) is 0 Å². The number of hydrogen-bond acceptors (Lipinski definition) is 5. The molecule has 4 nitrogen and oxygen atoms in total. The van der Waals surface area contributed by atoms with Crippen molar-refractivity contribution in [2.45, 2.75) is 6.92 Å². The lowest BCUT2D eigenvalue weighted by molar-refractivity contribution is 0.340. The molecule has 0 amide bonds. The van der Waals surface area contributed by atoms with Crippen LogP contribution in [0, 0.1) is 3.95 Å². The number of aromatic hydroxyl groups is 1. The standard InChI is InChI=1S/C18H15ClN2O2S2/c1-2-23-15-9-5-13(6-10-15)20-11-16-17(22)21(18(24)25-16)14-7-3-12(19)4-8-14/h3-11,22H,2H2,1H3. The van der Waals surface area contributed by atoms with E-state index in [-0.39, 0.29) is 5.88 Å². The molecule has 1 N–H and O–H groups in total. The van der Waals surface area contributed by atoms with Gasteiger partial charge in [0.25, 0.3) is 0 Å². The average Bonchev–Trinajstić information content (AvgIpc) is 2.89. The van der Waals surface area contributed by atoms with E-state index in [1.54, 1.807) is 35.0 Å².